The van der Waals surface area contributed by atoms with Gasteiger partial charge in [-0.25, -0.2) is 19.0 Å². The first-order valence-electron chi connectivity index (χ1n) is 11.3. The number of nitrogens with one attached hydrogen (secondary N) is 1. The second-order valence-corrected chi connectivity index (χ2v) is 8.49. The van der Waals surface area contributed by atoms with Crippen molar-refractivity contribution < 1.29 is 22.4 Å². The van der Waals surface area contributed by atoms with Crippen LogP contribution in [0.5, 0.6) is 0 Å². The molecule has 35 heavy (non-hydrogen) atoms. The Morgan fingerprint density at radius 3 is 2.77 bits per heavy atom. The summed E-state index contributed by atoms with van der Waals surface area (Å²) in [7, 11) is 0. The van der Waals surface area contributed by atoms with Gasteiger partial charge >= 0.3 is 6.18 Å². The maximum Gasteiger partial charge on any atom is 0.392 e. The highest BCUT2D eigenvalue weighted by Gasteiger charge is 2.42. The average molecular weight is 486 g/mol. The Hall–Kier alpha value is -3.76. The molecule has 1 atom stereocenters. The number of alkyl halides is 3. The number of carbonyl (C=O) groups excluding carboxylic acids is 1. The normalized spacial score (nSPS) is 15.9. The van der Waals surface area contributed by atoms with Gasteiger partial charge in [-0.1, -0.05) is 19.1 Å². The van der Waals surface area contributed by atoms with E-state index in [9.17, 15) is 22.4 Å². The lowest BCUT2D eigenvalue weighted by Crippen LogP contribution is -2.31. The van der Waals surface area contributed by atoms with Crippen molar-refractivity contribution >= 4 is 11.6 Å². The summed E-state index contributed by atoms with van der Waals surface area (Å²) in [4.78, 5) is 21.5. The van der Waals surface area contributed by atoms with Crippen LogP contribution in [0.2, 0.25) is 0 Å². The number of aromatic nitrogens is 5. The molecule has 1 N–H and O–H groups in total. The lowest BCUT2D eigenvalue weighted by Gasteiger charge is -2.24. The van der Waals surface area contributed by atoms with E-state index in [0.717, 1.165) is 0 Å². The number of pyridine rings is 1. The van der Waals surface area contributed by atoms with Crippen molar-refractivity contribution in [3.05, 3.63) is 71.2 Å². The minimum atomic E-state index is -4.30. The van der Waals surface area contributed by atoms with Gasteiger partial charge in [-0.3, -0.25) is 9.20 Å². The summed E-state index contributed by atoms with van der Waals surface area (Å²) in [6, 6.07) is 9.84. The van der Waals surface area contributed by atoms with Crippen LogP contribution < -0.4 is 5.32 Å². The smallest absolute Gasteiger partial charge is 0.347 e. The fourth-order valence-electron chi connectivity index (χ4n) is 4.35. The van der Waals surface area contributed by atoms with Crippen LogP contribution in [0.4, 0.5) is 17.6 Å². The monoisotopic (exact) mass is 486 g/mol. The first kappa shape index (κ1) is 23.0. The van der Waals surface area contributed by atoms with Crippen molar-refractivity contribution in [1.82, 2.24) is 29.5 Å². The molecular weight excluding hydrogens is 464 g/mol. The number of aryl methyl sites for hydroxylation is 2. The summed E-state index contributed by atoms with van der Waals surface area (Å²) in [6.45, 7) is 2.08. The van der Waals surface area contributed by atoms with Gasteiger partial charge in [0.05, 0.1) is 17.2 Å². The van der Waals surface area contributed by atoms with Crippen molar-refractivity contribution in [1.29, 1.82) is 0 Å². The number of benzene rings is 1. The fourth-order valence-corrected chi connectivity index (χ4v) is 4.35. The highest BCUT2D eigenvalue weighted by molar-refractivity contribution is 5.94. The Bertz CT molecular complexity index is 1410. The Balaban J connectivity index is 1.31. The third-order valence-corrected chi connectivity index (χ3v) is 6.21. The van der Waals surface area contributed by atoms with Crippen molar-refractivity contribution in [3.63, 3.8) is 0 Å². The second-order valence-electron chi connectivity index (χ2n) is 8.49. The number of halogens is 4. The van der Waals surface area contributed by atoms with Gasteiger partial charge in [-0.05, 0) is 42.7 Å². The zero-order chi connectivity index (χ0) is 24.7. The molecule has 0 unspecified atom stereocenters. The molecule has 1 aliphatic rings. The van der Waals surface area contributed by atoms with Gasteiger partial charge in [0.15, 0.2) is 5.82 Å². The standard InChI is InChI=1S/C24H22F4N6O/c1-2-18-21(33-9-4-3-5-19(33)30-18)23(35)29-13-14-6-7-16(17(25)11-14)22-31-20-12-15(24(26,27)28)8-10-34(20)32-22/h3-7,9,11,15H,2,8,10,12-13H2,1H3,(H,29,35)/t15-/m1/s1. The molecule has 3 aromatic heterocycles. The van der Waals surface area contributed by atoms with Crippen LogP contribution in [0.25, 0.3) is 17.0 Å². The fraction of sp³-hybridized carbons (Fsp3) is 0.333. The van der Waals surface area contributed by atoms with Gasteiger partial charge < -0.3 is 5.32 Å². The number of fused-ring (bicyclic) bond motifs is 2. The number of hydrogen-bond acceptors (Lipinski definition) is 4. The highest BCUT2D eigenvalue weighted by Crippen LogP contribution is 2.35. The Morgan fingerprint density at radius 1 is 1.20 bits per heavy atom. The van der Waals surface area contributed by atoms with Crippen molar-refractivity contribution in [2.45, 2.75) is 45.5 Å². The van der Waals surface area contributed by atoms with Crippen LogP contribution in [0.3, 0.4) is 0 Å². The predicted molar refractivity (Wildman–Crippen MR) is 119 cm³/mol. The maximum absolute atomic E-state index is 14.9. The van der Waals surface area contributed by atoms with Crippen LogP contribution in [0.1, 0.15) is 40.9 Å². The highest BCUT2D eigenvalue weighted by atomic mass is 19.4. The molecule has 182 valence electrons. The van der Waals surface area contributed by atoms with E-state index in [1.165, 1.54) is 16.8 Å². The number of hydrogen-bond donors (Lipinski definition) is 1. The molecule has 4 heterocycles. The van der Waals surface area contributed by atoms with Gasteiger partial charge in [0, 0.05) is 25.7 Å². The van der Waals surface area contributed by atoms with E-state index in [1.54, 1.807) is 16.7 Å². The van der Waals surface area contributed by atoms with E-state index < -0.39 is 17.9 Å². The molecule has 0 aliphatic carbocycles. The molecular formula is C24H22F4N6O. The first-order valence-corrected chi connectivity index (χ1v) is 11.3. The lowest BCUT2D eigenvalue weighted by atomic mass is 9.98. The van der Waals surface area contributed by atoms with E-state index in [1.807, 2.05) is 25.1 Å². The minimum Gasteiger partial charge on any atom is -0.347 e. The summed E-state index contributed by atoms with van der Waals surface area (Å²) < 4.78 is 57.2. The largest absolute Gasteiger partial charge is 0.392 e. The van der Waals surface area contributed by atoms with Gasteiger partial charge in [-0.15, -0.1) is 0 Å². The molecule has 1 aliphatic heterocycles. The van der Waals surface area contributed by atoms with Crippen molar-refractivity contribution in [2.75, 3.05) is 0 Å². The molecule has 7 nitrogen and oxygen atoms in total. The zero-order valence-electron chi connectivity index (χ0n) is 18.8. The lowest BCUT2D eigenvalue weighted by molar-refractivity contribution is -0.179. The summed E-state index contributed by atoms with van der Waals surface area (Å²) in [5, 5.41) is 7.01. The van der Waals surface area contributed by atoms with E-state index >= 15 is 0 Å². The molecule has 5 rings (SSSR count). The zero-order valence-corrected chi connectivity index (χ0v) is 18.8. The van der Waals surface area contributed by atoms with E-state index in [0.29, 0.717) is 29.0 Å². The summed E-state index contributed by atoms with van der Waals surface area (Å²) in [5.41, 5.74) is 2.39. The number of rotatable bonds is 5. The molecule has 4 aromatic rings. The van der Waals surface area contributed by atoms with E-state index in [2.05, 4.69) is 20.4 Å². The maximum atomic E-state index is 14.9. The van der Waals surface area contributed by atoms with Crippen molar-refractivity contribution in [3.8, 4) is 11.4 Å². The van der Waals surface area contributed by atoms with Crippen LogP contribution in [-0.2, 0) is 25.9 Å². The van der Waals surface area contributed by atoms with Crippen molar-refractivity contribution in [2.24, 2.45) is 5.92 Å². The summed E-state index contributed by atoms with van der Waals surface area (Å²) in [6.07, 6.45) is -2.30. The molecule has 1 amide bonds. The first-order chi connectivity index (χ1) is 16.7. The molecule has 0 saturated carbocycles. The SMILES string of the molecule is CCc1nc2ccccn2c1C(=O)NCc1ccc(-c2nc3n(n2)CC[C@@H](C(F)(F)F)C3)c(F)c1. The second kappa shape index (κ2) is 8.79. The number of nitrogens with zero attached hydrogens (tertiary/aromatic N) is 5. The quantitative estimate of drug-likeness (QED) is 0.426. The van der Waals surface area contributed by atoms with Crippen LogP contribution >= 0.6 is 0 Å². The predicted octanol–water partition coefficient (Wildman–Crippen LogP) is 4.35. The Morgan fingerprint density at radius 2 is 2.03 bits per heavy atom. The molecule has 0 bridgehead atoms. The molecule has 0 fully saturated rings. The third-order valence-electron chi connectivity index (χ3n) is 6.21. The number of amides is 1. The summed E-state index contributed by atoms with van der Waals surface area (Å²) in [5.74, 6) is -2.16. The summed E-state index contributed by atoms with van der Waals surface area (Å²) >= 11 is 0. The van der Waals surface area contributed by atoms with Crippen LogP contribution in [0, 0.1) is 11.7 Å². The molecule has 0 spiro atoms. The minimum absolute atomic E-state index is 0.0502. The average Bonchev–Trinajstić information content (AvgIpc) is 3.42. The Labute approximate surface area is 197 Å². The van der Waals surface area contributed by atoms with Gasteiger partial charge in [-0.2, -0.15) is 18.3 Å². The number of carbonyl (C=O) groups is 1. The van der Waals surface area contributed by atoms with Gasteiger partial charge in [0.2, 0.25) is 0 Å². The molecule has 0 saturated heterocycles. The topological polar surface area (TPSA) is 77.1 Å². The molecule has 1 aromatic carbocycles. The number of imidazole rings is 1. The Kier molecular flexibility index (Phi) is 5.78. The van der Waals surface area contributed by atoms with Crippen LogP contribution in [0.15, 0.2) is 42.6 Å². The molecule has 11 heteroatoms. The third kappa shape index (κ3) is 4.38. The molecule has 0 radical (unpaired) electrons. The van der Waals surface area contributed by atoms with Gasteiger partial charge in [0.1, 0.15) is 23.0 Å². The van der Waals surface area contributed by atoms with Gasteiger partial charge in [0.25, 0.3) is 5.91 Å². The van der Waals surface area contributed by atoms with E-state index in [-0.39, 0.29) is 49.1 Å². The van der Waals surface area contributed by atoms with E-state index in [4.69, 9.17) is 0 Å². The van der Waals surface area contributed by atoms with Crippen LogP contribution in [-0.4, -0.2) is 36.2 Å².